The number of thioether (sulfide) groups is 1. The fourth-order valence-electron chi connectivity index (χ4n) is 1.99. The van der Waals surface area contributed by atoms with Crippen molar-refractivity contribution in [3.63, 3.8) is 0 Å². The molecule has 24 heavy (non-hydrogen) atoms. The van der Waals surface area contributed by atoms with Crippen molar-refractivity contribution in [1.82, 2.24) is 10.2 Å². The summed E-state index contributed by atoms with van der Waals surface area (Å²) in [4.78, 5) is 11.8. The molecule has 1 N–H and O–H groups in total. The van der Waals surface area contributed by atoms with Crippen LogP contribution in [-0.4, -0.2) is 16.1 Å². The molecule has 2 aromatic rings. The second-order valence-corrected chi connectivity index (χ2v) is 7.46. The fraction of sp³-hybridized carbons (Fsp3) is 0.438. The Hall–Kier alpha value is -1.54. The van der Waals surface area contributed by atoms with Gasteiger partial charge in [-0.3, -0.25) is 4.79 Å². The summed E-state index contributed by atoms with van der Waals surface area (Å²) in [6, 6.07) is 3.50. The molecule has 8 heteroatoms. The Labute approximate surface area is 148 Å². The van der Waals surface area contributed by atoms with E-state index < -0.39 is 11.6 Å². The molecule has 0 radical (unpaired) electrons. The second kappa shape index (κ2) is 9.68. The van der Waals surface area contributed by atoms with Gasteiger partial charge in [-0.05, 0) is 18.1 Å². The summed E-state index contributed by atoms with van der Waals surface area (Å²) in [5, 5.41) is 11.0. The number of unbranched alkanes of at least 4 members (excludes halogenated alkanes) is 3. The molecule has 0 saturated heterocycles. The monoisotopic (exact) mass is 371 g/mol. The number of carbonyl (C=O) groups is 1. The number of anilines is 1. The van der Waals surface area contributed by atoms with E-state index in [1.54, 1.807) is 0 Å². The number of nitrogens with one attached hydrogen (secondary N) is 1. The predicted octanol–water partition coefficient (Wildman–Crippen LogP) is 5.02. The molecule has 0 aliphatic carbocycles. The first kappa shape index (κ1) is 18.8. The Kier molecular flexibility index (Phi) is 7.58. The highest BCUT2D eigenvalue weighted by Gasteiger charge is 2.10. The highest BCUT2D eigenvalue weighted by Crippen LogP contribution is 2.29. The van der Waals surface area contributed by atoms with Gasteiger partial charge in [-0.1, -0.05) is 55.4 Å². The summed E-state index contributed by atoms with van der Waals surface area (Å²) in [7, 11) is 0. The summed E-state index contributed by atoms with van der Waals surface area (Å²) in [6.45, 7) is 2.12. The van der Waals surface area contributed by atoms with Gasteiger partial charge >= 0.3 is 0 Å². The van der Waals surface area contributed by atoms with Crippen molar-refractivity contribution in [1.29, 1.82) is 0 Å². The van der Waals surface area contributed by atoms with Gasteiger partial charge in [0.05, 0.1) is 0 Å². The van der Waals surface area contributed by atoms with Crippen molar-refractivity contribution in [2.24, 2.45) is 0 Å². The van der Waals surface area contributed by atoms with Crippen LogP contribution in [0.25, 0.3) is 0 Å². The minimum absolute atomic E-state index is 0.0663. The molecule has 0 unspecified atom stereocenters. The Morgan fingerprint density at radius 1 is 1.25 bits per heavy atom. The molecule has 4 nitrogen and oxygen atoms in total. The molecule has 130 valence electrons. The van der Waals surface area contributed by atoms with E-state index in [0.717, 1.165) is 31.7 Å². The van der Waals surface area contributed by atoms with Crippen molar-refractivity contribution in [3.05, 3.63) is 35.4 Å². The average molecular weight is 371 g/mol. The molecule has 0 saturated carbocycles. The predicted molar refractivity (Wildman–Crippen MR) is 93.2 cm³/mol. The lowest BCUT2D eigenvalue weighted by Crippen LogP contribution is -2.10. The Bertz CT molecular complexity index is 679. The lowest BCUT2D eigenvalue weighted by molar-refractivity contribution is -0.116. The number of rotatable bonds is 9. The van der Waals surface area contributed by atoms with Crippen LogP contribution in [0.2, 0.25) is 0 Å². The van der Waals surface area contributed by atoms with Crippen LogP contribution in [0.15, 0.2) is 22.5 Å². The topological polar surface area (TPSA) is 54.9 Å². The zero-order chi connectivity index (χ0) is 17.4. The van der Waals surface area contributed by atoms with Crippen molar-refractivity contribution >= 4 is 34.1 Å². The second-order valence-electron chi connectivity index (χ2n) is 5.26. The number of hydrogen-bond donors (Lipinski definition) is 1. The van der Waals surface area contributed by atoms with E-state index in [0.29, 0.717) is 27.2 Å². The Morgan fingerprint density at radius 3 is 2.83 bits per heavy atom. The molecule has 1 aromatic heterocycles. The SMILES string of the molecule is CCCCCCC(=O)Nc1nnc(SCc2ccc(F)cc2F)s1. The standard InChI is InChI=1S/C16H19F2N3OS2/c1-2-3-4-5-6-14(22)19-15-20-21-16(24-15)23-10-11-7-8-12(17)9-13(11)18/h7-9H,2-6,10H2,1H3,(H,19,20,22). The van der Waals surface area contributed by atoms with Crippen molar-refractivity contribution < 1.29 is 13.6 Å². The van der Waals surface area contributed by atoms with Crippen LogP contribution < -0.4 is 5.32 Å². The molecule has 2 rings (SSSR count). The number of amides is 1. The summed E-state index contributed by atoms with van der Waals surface area (Å²) in [5.74, 6) is -0.914. The molecule has 1 amide bonds. The highest BCUT2D eigenvalue weighted by molar-refractivity contribution is 8.00. The Morgan fingerprint density at radius 2 is 2.08 bits per heavy atom. The molecular formula is C16H19F2N3OS2. The maximum absolute atomic E-state index is 13.6. The van der Waals surface area contributed by atoms with Gasteiger partial charge < -0.3 is 5.32 Å². The number of aromatic nitrogens is 2. The average Bonchev–Trinajstić information content (AvgIpc) is 2.98. The lowest BCUT2D eigenvalue weighted by Gasteiger charge is -2.01. The number of carbonyl (C=O) groups excluding carboxylic acids is 1. The highest BCUT2D eigenvalue weighted by atomic mass is 32.2. The molecule has 0 aliphatic heterocycles. The van der Waals surface area contributed by atoms with Gasteiger partial charge in [0.2, 0.25) is 11.0 Å². The zero-order valence-corrected chi connectivity index (χ0v) is 15.0. The minimum Gasteiger partial charge on any atom is -0.301 e. The quantitative estimate of drug-likeness (QED) is 0.382. The van der Waals surface area contributed by atoms with Gasteiger partial charge in [0.15, 0.2) is 4.34 Å². The van der Waals surface area contributed by atoms with E-state index in [4.69, 9.17) is 0 Å². The van der Waals surface area contributed by atoms with E-state index in [9.17, 15) is 13.6 Å². The van der Waals surface area contributed by atoms with Gasteiger partial charge in [-0.25, -0.2) is 8.78 Å². The van der Waals surface area contributed by atoms with Gasteiger partial charge in [0.25, 0.3) is 0 Å². The number of nitrogens with zero attached hydrogens (tertiary/aromatic N) is 2. The number of hydrogen-bond acceptors (Lipinski definition) is 5. The van der Waals surface area contributed by atoms with E-state index in [-0.39, 0.29) is 5.91 Å². The third-order valence-corrected chi connectivity index (χ3v) is 5.30. The van der Waals surface area contributed by atoms with Crippen LogP contribution in [0.3, 0.4) is 0 Å². The molecular weight excluding hydrogens is 352 g/mol. The largest absolute Gasteiger partial charge is 0.301 e. The molecule has 1 aromatic carbocycles. The van der Waals surface area contributed by atoms with Gasteiger partial charge in [-0.2, -0.15) is 0 Å². The van der Waals surface area contributed by atoms with Gasteiger partial charge in [0.1, 0.15) is 11.6 Å². The zero-order valence-electron chi connectivity index (χ0n) is 13.3. The number of halogens is 2. The maximum atomic E-state index is 13.6. The first-order chi connectivity index (χ1) is 11.6. The normalized spacial score (nSPS) is 10.8. The summed E-state index contributed by atoms with van der Waals surface area (Å²) in [6.07, 6.45) is 4.65. The maximum Gasteiger partial charge on any atom is 0.226 e. The molecule has 0 spiro atoms. The molecule has 0 bridgehead atoms. The van der Waals surface area contributed by atoms with Crippen LogP contribution in [0.4, 0.5) is 13.9 Å². The van der Waals surface area contributed by atoms with Gasteiger partial charge in [0, 0.05) is 18.2 Å². The van der Waals surface area contributed by atoms with Crippen molar-refractivity contribution in [2.45, 2.75) is 49.1 Å². The van der Waals surface area contributed by atoms with Crippen LogP contribution in [-0.2, 0) is 10.5 Å². The molecule has 0 atom stereocenters. The third kappa shape index (κ3) is 6.16. The first-order valence-electron chi connectivity index (χ1n) is 7.78. The third-order valence-electron chi connectivity index (χ3n) is 3.28. The van der Waals surface area contributed by atoms with Crippen LogP contribution >= 0.6 is 23.1 Å². The first-order valence-corrected chi connectivity index (χ1v) is 9.58. The van der Waals surface area contributed by atoms with E-state index in [1.165, 1.54) is 35.2 Å². The summed E-state index contributed by atoms with van der Waals surface area (Å²) >= 11 is 2.54. The fourth-order valence-corrected chi connectivity index (χ4v) is 3.75. The minimum atomic E-state index is -0.596. The van der Waals surface area contributed by atoms with Crippen LogP contribution in [0.1, 0.15) is 44.6 Å². The van der Waals surface area contributed by atoms with E-state index in [2.05, 4.69) is 22.4 Å². The molecule has 0 aliphatic rings. The van der Waals surface area contributed by atoms with E-state index >= 15 is 0 Å². The van der Waals surface area contributed by atoms with E-state index in [1.807, 2.05) is 0 Å². The van der Waals surface area contributed by atoms with Crippen LogP contribution in [0, 0.1) is 11.6 Å². The molecule has 1 heterocycles. The smallest absolute Gasteiger partial charge is 0.226 e. The molecule has 0 fully saturated rings. The summed E-state index contributed by atoms with van der Waals surface area (Å²) in [5.41, 5.74) is 0.401. The Balaban J connectivity index is 1.79. The summed E-state index contributed by atoms with van der Waals surface area (Å²) < 4.78 is 27.0. The number of benzene rings is 1. The lowest BCUT2D eigenvalue weighted by atomic mass is 10.1. The van der Waals surface area contributed by atoms with Crippen molar-refractivity contribution in [3.8, 4) is 0 Å². The van der Waals surface area contributed by atoms with Gasteiger partial charge in [-0.15, -0.1) is 10.2 Å². The van der Waals surface area contributed by atoms with Crippen molar-refractivity contribution in [2.75, 3.05) is 5.32 Å². The van der Waals surface area contributed by atoms with Crippen LogP contribution in [0.5, 0.6) is 0 Å².